The Hall–Kier alpha value is -1.92. The van der Waals surface area contributed by atoms with Gasteiger partial charge in [-0.1, -0.05) is 0 Å². The molecular formula is C15H19ClN4O2. The molecule has 1 aliphatic rings. The number of nitrogens with one attached hydrogen (secondary N) is 1. The van der Waals surface area contributed by atoms with Gasteiger partial charge in [-0.05, 0) is 31.5 Å². The van der Waals surface area contributed by atoms with Gasteiger partial charge in [0.2, 0.25) is 0 Å². The van der Waals surface area contributed by atoms with Crippen LogP contribution in [0.4, 0.5) is 0 Å². The number of piperazine rings is 1. The summed E-state index contributed by atoms with van der Waals surface area (Å²) in [5.74, 6) is -0.240. The number of fused-ring (bicyclic) bond motifs is 1. The third-order valence-corrected chi connectivity index (χ3v) is 3.75. The van der Waals surface area contributed by atoms with Crippen LogP contribution < -0.4 is 10.9 Å². The lowest BCUT2D eigenvalue weighted by Gasteiger charge is -2.31. The van der Waals surface area contributed by atoms with Gasteiger partial charge < -0.3 is 10.2 Å². The number of carbonyl (C=O) groups excluding carboxylic acids is 1. The Labute approximate surface area is 134 Å². The number of amides is 1. The van der Waals surface area contributed by atoms with Gasteiger partial charge in [0.25, 0.3) is 11.5 Å². The maximum absolute atomic E-state index is 12.5. The van der Waals surface area contributed by atoms with E-state index >= 15 is 0 Å². The number of nitrogens with zero attached hydrogens (tertiary/aromatic N) is 3. The van der Waals surface area contributed by atoms with Crippen molar-refractivity contribution in [3.63, 3.8) is 0 Å². The third kappa shape index (κ3) is 2.98. The molecule has 2 aromatic heterocycles. The normalized spacial score (nSPS) is 18.1. The molecule has 7 heteroatoms. The number of pyridine rings is 1. The average Bonchev–Trinajstić information content (AvgIpc) is 2.47. The van der Waals surface area contributed by atoms with Gasteiger partial charge in [-0.2, -0.15) is 0 Å². The van der Waals surface area contributed by atoms with Gasteiger partial charge >= 0.3 is 0 Å². The Bertz CT molecular complexity index is 759. The van der Waals surface area contributed by atoms with E-state index in [0.717, 1.165) is 12.1 Å². The van der Waals surface area contributed by atoms with Gasteiger partial charge in [0.15, 0.2) is 0 Å². The summed E-state index contributed by atoms with van der Waals surface area (Å²) in [5.41, 5.74) is 1.41. The van der Waals surface area contributed by atoms with Crippen molar-refractivity contribution in [3.05, 3.63) is 46.0 Å². The molecule has 1 unspecified atom stereocenters. The Morgan fingerprint density at radius 1 is 1.45 bits per heavy atom. The molecule has 2 aromatic rings. The van der Waals surface area contributed by atoms with Crippen LogP contribution in [-0.4, -0.2) is 45.9 Å². The van der Waals surface area contributed by atoms with Crippen LogP contribution in [-0.2, 0) is 0 Å². The van der Waals surface area contributed by atoms with Gasteiger partial charge in [0, 0.05) is 38.1 Å². The molecule has 3 heterocycles. The quantitative estimate of drug-likeness (QED) is 0.845. The monoisotopic (exact) mass is 322 g/mol. The van der Waals surface area contributed by atoms with Crippen molar-refractivity contribution in [2.45, 2.75) is 19.9 Å². The molecule has 0 bridgehead atoms. The van der Waals surface area contributed by atoms with Gasteiger partial charge in [0.1, 0.15) is 11.2 Å². The fourth-order valence-electron chi connectivity index (χ4n) is 2.61. The summed E-state index contributed by atoms with van der Waals surface area (Å²) in [6.07, 6.45) is 3.06. The van der Waals surface area contributed by atoms with Crippen LogP contribution in [0.2, 0.25) is 0 Å². The fraction of sp³-hybridized carbons (Fsp3) is 0.400. The van der Waals surface area contributed by atoms with E-state index in [0.29, 0.717) is 18.7 Å². The lowest BCUT2D eigenvalue weighted by atomic mass is 10.2. The minimum atomic E-state index is -0.309. The number of aryl methyl sites for hydroxylation is 1. The summed E-state index contributed by atoms with van der Waals surface area (Å²) in [7, 11) is 0. The van der Waals surface area contributed by atoms with Crippen LogP contribution in [0.5, 0.6) is 0 Å². The second kappa shape index (κ2) is 6.46. The van der Waals surface area contributed by atoms with Crippen molar-refractivity contribution in [3.8, 4) is 0 Å². The number of halogens is 1. The highest BCUT2D eigenvalue weighted by Crippen LogP contribution is 2.06. The summed E-state index contributed by atoms with van der Waals surface area (Å²) in [6.45, 7) is 5.92. The number of hydrogen-bond donors (Lipinski definition) is 1. The van der Waals surface area contributed by atoms with Crippen LogP contribution in [0.3, 0.4) is 0 Å². The summed E-state index contributed by atoms with van der Waals surface area (Å²) < 4.78 is 1.42. The molecule has 118 valence electrons. The summed E-state index contributed by atoms with van der Waals surface area (Å²) in [6, 6.07) is 3.89. The zero-order chi connectivity index (χ0) is 15.0. The molecule has 0 radical (unpaired) electrons. The predicted octanol–water partition coefficient (Wildman–Crippen LogP) is 0.859. The minimum Gasteiger partial charge on any atom is -0.336 e. The molecule has 0 aromatic carbocycles. The second-order valence-electron chi connectivity index (χ2n) is 5.52. The van der Waals surface area contributed by atoms with E-state index in [-0.39, 0.29) is 35.5 Å². The van der Waals surface area contributed by atoms with E-state index < -0.39 is 0 Å². The van der Waals surface area contributed by atoms with Crippen molar-refractivity contribution < 1.29 is 4.79 Å². The molecule has 0 saturated carbocycles. The topological polar surface area (TPSA) is 66.7 Å². The average molecular weight is 323 g/mol. The minimum absolute atomic E-state index is 0. The molecule has 1 amide bonds. The highest BCUT2D eigenvalue weighted by Gasteiger charge is 2.24. The van der Waals surface area contributed by atoms with Crippen molar-refractivity contribution in [1.82, 2.24) is 19.6 Å². The van der Waals surface area contributed by atoms with Gasteiger partial charge in [0.05, 0.1) is 0 Å². The van der Waals surface area contributed by atoms with E-state index in [4.69, 9.17) is 0 Å². The highest BCUT2D eigenvalue weighted by molar-refractivity contribution is 5.93. The molecule has 1 fully saturated rings. The predicted molar refractivity (Wildman–Crippen MR) is 86.8 cm³/mol. The first-order valence-electron chi connectivity index (χ1n) is 7.07. The van der Waals surface area contributed by atoms with Gasteiger partial charge in [-0.15, -0.1) is 12.4 Å². The highest BCUT2D eigenvalue weighted by atomic mass is 35.5. The summed E-state index contributed by atoms with van der Waals surface area (Å²) in [4.78, 5) is 30.9. The Morgan fingerprint density at radius 2 is 2.23 bits per heavy atom. The van der Waals surface area contributed by atoms with Crippen molar-refractivity contribution >= 4 is 24.0 Å². The van der Waals surface area contributed by atoms with Crippen molar-refractivity contribution in [2.24, 2.45) is 0 Å². The molecule has 6 nitrogen and oxygen atoms in total. The van der Waals surface area contributed by atoms with Crippen LogP contribution in [0.15, 0.2) is 29.3 Å². The molecule has 3 rings (SSSR count). The van der Waals surface area contributed by atoms with Crippen LogP contribution >= 0.6 is 12.4 Å². The van der Waals surface area contributed by atoms with Crippen LogP contribution in [0, 0.1) is 6.92 Å². The van der Waals surface area contributed by atoms with Gasteiger partial charge in [-0.25, -0.2) is 4.98 Å². The molecule has 0 spiro atoms. The van der Waals surface area contributed by atoms with Crippen LogP contribution in [0.1, 0.15) is 22.8 Å². The Morgan fingerprint density at radius 3 is 2.95 bits per heavy atom. The van der Waals surface area contributed by atoms with E-state index in [1.54, 1.807) is 11.1 Å². The maximum Gasteiger partial charge on any atom is 0.270 e. The van der Waals surface area contributed by atoms with E-state index in [2.05, 4.69) is 10.3 Å². The molecule has 0 aliphatic carbocycles. The molecule has 22 heavy (non-hydrogen) atoms. The van der Waals surface area contributed by atoms with Gasteiger partial charge in [-0.3, -0.25) is 14.0 Å². The third-order valence-electron chi connectivity index (χ3n) is 3.75. The number of carbonyl (C=O) groups is 1. The number of aromatic nitrogens is 2. The largest absolute Gasteiger partial charge is 0.336 e. The standard InChI is InChI=1S/C15H18N4O2.ClH/c1-10-3-5-19-13(7-10)17-8-12(15(19)21)14(20)18-6-4-16-11(2)9-18;/h3,5,7-8,11,16H,4,6,9H2,1-2H3;1H. The molecule has 1 atom stereocenters. The number of hydrogen-bond acceptors (Lipinski definition) is 4. The lowest BCUT2D eigenvalue weighted by Crippen LogP contribution is -2.52. The summed E-state index contributed by atoms with van der Waals surface area (Å²) in [5, 5.41) is 3.28. The second-order valence-corrected chi connectivity index (χ2v) is 5.52. The van der Waals surface area contributed by atoms with Crippen LogP contribution in [0.25, 0.3) is 5.65 Å². The molecule has 1 aliphatic heterocycles. The fourth-order valence-corrected chi connectivity index (χ4v) is 2.61. The number of rotatable bonds is 1. The van der Waals surface area contributed by atoms with E-state index in [9.17, 15) is 9.59 Å². The van der Waals surface area contributed by atoms with E-state index in [1.165, 1.54) is 10.6 Å². The SMILES string of the molecule is Cc1ccn2c(=O)c(C(=O)N3CCNC(C)C3)cnc2c1.Cl. The summed E-state index contributed by atoms with van der Waals surface area (Å²) >= 11 is 0. The first-order chi connectivity index (χ1) is 10.1. The molecule has 1 N–H and O–H groups in total. The smallest absolute Gasteiger partial charge is 0.270 e. The lowest BCUT2D eigenvalue weighted by molar-refractivity contribution is 0.0706. The van der Waals surface area contributed by atoms with Crippen molar-refractivity contribution in [1.29, 1.82) is 0 Å². The Kier molecular flexibility index (Phi) is 4.83. The zero-order valence-corrected chi connectivity index (χ0v) is 13.4. The maximum atomic E-state index is 12.5. The first-order valence-corrected chi connectivity index (χ1v) is 7.07. The van der Waals surface area contributed by atoms with Crippen molar-refractivity contribution in [2.75, 3.05) is 19.6 Å². The molecular weight excluding hydrogens is 304 g/mol. The Balaban J connectivity index is 0.00000176. The molecule has 1 saturated heterocycles. The zero-order valence-electron chi connectivity index (χ0n) is 12.6. The van der Waals surface area contributed by atoms with E-state index in [1.807, 2.05) is 26.0 Å². The first kappa shape index (κ1) is 16.5.